The maximum Gasteiger partial charge on any atom is 0.241 e. The van der Waals surface area contributed by atoms with Crippen LogP contribution in [0.3, 0.4) is 0 Å². The molecule has 1 aliphatic heterocycles. The summed E-state index contributed by atoms with van der Waals surface area (Å²) < 4.78 is 0. The lowest BCUT2D eigenvalue weighted by atomic mass is 9.79. The minimum atomic E-state index is 0.0399. The highest BCUT2D eigenvalue weighted by molar-refractivity contribution is 5.85. The van der Waals surface area contributed by atoms with Crippen LogP contribution in [0.2, 0.25) is 0 Å². The summed E-state index contributed by atoms with van der Waals surface area (Å²) in [6.45, 7) is 11.3. The van der Waals surface area contributed by atoms with E-state index in [0.29, 0.717) is 23.8 Å². The van der Waals surface area contributed by atoms with E-state index in [2.05, 4.69) is 44.8 Å². The Morgan fingerprint density at radius 2 is 2.00 bits per heavy atom. The molecule has 2 rings (SSSR count). The molecule has 2 fully saturated rings. The van der Waals surface area contributed by atoms with Gasteiger partial charge in [0, 0.05) is 6.04 Å². The highest BCUT2D eigenvalue weighted by Gasteiger charge is 2.45. The maximum absolute atomic E-state index is 13.0. The second-order valence-corrected chi connectivity index (χ2v) is 7.54. The predicted molar refractivity (Wildman–Crippen MR) is 87.9 cm³/mol. The van der Waals surface area contributed by atoms with Crippen LogP contribution in [0.25, 0.3) is 0 Å². The SMILES string of the molecule is CCCC1NC(C(C)CC)C(=O)N1C1CCC(C)CC1C. The molecule has 21 heavy (non-hydrogen) atoms. The number of carbonyl (C=O) groups excluding carboxylic acids is 1. The van der Waals surface area contributed by atoms with Crippen LogP contribution in [0.4, 0.5) is 0 Å². The summed E-state index contributed by atoms with van der Waals surface area (Å²) in [5.74, 6) is 2.25. The third kappa shape index (κ3) is 3.44. The number of carbonyl (C=O) groups is 1. The van der Waals surface area contributed by atoms with E-state index < -0.39 is 0 Å². The van der Waals surface area contributed by atoms with Crippen molar-refractivity contribution in [3.63, 3.8) is 0 Å². The van der Waals surface area contributed by atoms with Crippen LogP contribution < -0.4 is 5.32 Å². The first-order valence-electron chi connectivity index (χ1n) is 9.07. The quantitative estimate of drug-likeness (QED) is 0.837. The molecule has 3 nitrogen and oxygen atoms in total. The van der Waals surface area contributed by atoms with Crippen molar-refractivity contribution in [2.45, 2.75) is 91.4 Å². The molecular formula is C18H34N2O. The van der Waals surface area contributed by atoms with Gasteiger partial charge in [0.15, 0.2) is 0 Å². The summed E-state index contributed by atoms with van der Waals surface area (Å²) >= 11 is 0. The average molecular weight is 294 g/mol. The summed E-state index contributed by atoms with van der Waals surface area (Å²) in [7, 11) is 0. The molecule has 3 heteroatoms. The molecule has 1 saturated carbocycles. The van der Waals surface area contributed by atoms with Crippen LogP contribution in [-0.4, -0.2) is 29.1 Å². The first kappa shape index (κ1) is 16.8. The van der Waals surface area contributed by atoms with Crippen molar-refractivity contribution in [2.75, 3.05) is 0 Å². The van der Waals surface area contributed by atoms with Crippen molar-refractivity contribution in [3.8, 4) is 0 Å². The van der Waals surface area contributed by atoms with Crippen LogP contribution in [0.1, 0.15) is 73.1 Å². The van der Waals surface area contributed by atoms with E-state index in [9.17, 15) is 4.79 Å². The number of nitrogens with one attached hydrogen (secondary N) is 1. The van der Waals surface area contributed by atoms with Gasteiger partial charge in [0.25, 0.3) is 0 Å². The fourth-order valence-corrected chi connectivity index (χ4v) is 4.27. The van der Waals surface area contributed by atoms with Gasteiger partial charge < -0.3 is 4.90 Å². The Kier molecular flexibility index (Phi) is 5.70. The number of amides is 1. The Bertz CT molecular complexity index is 357. The molecule has 1 aliphatic carbocycles. The van der Waals surface area contributed by atoms with Crippen LogP contribution in [0.15, 0.2) is 0 Å². The van der Waals surface area contributed by atoms with E-state index in [1.807, 2.05) is 0 Å². The zero-order chi connectivity index (χ0) is 15.6. The maximum atomic E-state index is 13.0. The molecule has 0 aromatic carbocycles. The van der Waals surface area contributed by atoms with Gasteiger partial charge in [0.05, 0.1) is 12.2 Å². The number of hydrogen-bond donors (Lipinski definition) is 1. The van der Waals surface area contributed by atoms with Crippen LogP contribution in [0.5, 0.6) is 0 Å². The lowest BCUT2D eigenvalue weighted by Crippen LogP contribution is -2.49. The molecule has 1 N–H and O–H groups in total. The van der Waals surface area contributed by atoms with Crippen molar-refractivity contribution < 1.29 is 4.79 Å². The fourth-order valence-electron chi connectivity index (χ4n) is 4.27. The molecule has 0 aromatic heterocycles. The smallest absolute Gasteiger partial charge is 0.241 e. The molecule has 0 aromatic rings. The Labute approximate surface area is 130 Å². The highest BCUT2D eigenvalue weighted by Crippen LogP contribution is 2.36. The summed E-state index contributed by atoms with van der Waals surface area (Å²) in [6.07, 6.45) is 7.26. The molecule has 1 heterocycles. The van der Waals surface area contributed by atoms with E-state index in [1.54, 1.807) is 0 Å². The molecule has 0 spiro atoms. The van der Waals surface area contributed by atoms with E-state index in [4.69, 9.17) is 0 Å². The Morgan fingerprint density at radius 3 is 2.57 bits per heavy atom. The molecule has 122 valence electrons. The average Bonchev–Trinajstić information content (AvgIpc) is 2.76. The zero-order valence-electron chi connectivity index (χ0n) is 14.6. The topological polar surface area (TPSA) is 32.3 Å². The van der Waals surface area contributed by atoms with Crippen LogP contribution >= 0.6 is 0 Å². The second kappa shape index (κ2) is 7.13. The monoisotopic (exact) mass is 294 g/mol. The minimum absolute atomic E-state index is 0.0399. The summed E-state index contributed by atoms with van der Waals surface area (Å²) in [6, 6.07) is 0.491. The summed E-state index contributed by atoms with van der Waals surface area (Å²) in [5.41, 5.74) is 0. The van der Waals surface area contributed by atoms with Crippen LogP contribution in [-0.2, 0) is 4.79 Å². The van der Waals surface area contributed by atoms with Gasteiger partial charge in [0.2, 0.25) is 5.91 Å². The predicted octanol–water partition coefficient (Wildman–Crippen LogP) is 3.78. The Balaban J connectivity index is 2.16. The standard InChI is InChI=1S/C18H34N2O/c1-6-8-16-19-17(13(4)7-2)18(21)20(16)15-10-9-12(3)11-14(15)5/h12-17,19H,6-11H2,1-5H3. The van der Waals surface area contributed by atoms with Gasteiger partial charge in [-0.05, 0) is 43.4 Å². The molecular weight excluding hydrogens is 260 g/mol. The van der Waals surface area contributed by atoms with Gasteiger partial charge in [-0.15, -0.1) is 0 Å². The summed E-state index contributed by atoms with van der Waals surface area (Å²) in [4.78, 5) is 15.2. The zero-order valence-corrected chi connectivity index (χ0v) is 14.6. The normalized spacial score (nSPS) is 38.8. The molecule has 0 radical (unpaired) electrons. The Hall–Kier alpha value is -0.570. The molecule has 0 bridgehead atoms. The van der Waals surface area contributed by atoms with Gasteiger partial charge in [-0.2, -0.15) is 0 Å². The first-order valence-corrected chi connectivity index (χ1v) is 9.07. The molecule has 1 saturated heterocycles. The highest BCUT2D eigenvalue weighted by atomic mass is 16.2. The molecule has 2 aliphatic rings. The molecule has 6 unspecified atom stereocenters. The van der Waals surface area contributed by atoms with Gasteiger partial charge >= 0.3 is 0 Å². The van der Waals surface area contributed by atoms with E-state index in [1.165, 1.54) is 19.3 Å². The molecule has 6 atom stereocenters. The van der Waals surface area contributed by atoms with Crippen molar-refractivity contribution >= 4 is 5.91 Å². The summed E-state index contributed by atoms with van der Waals surface area (Å²) in [5, 5.41) is 3.65. The van der Waals surface area contributed by atoms with Gasteiger partial charge in [-0.25, -0.2) is 0 Å². The van der Waals surface area contributed by atoms with Crippen molar-refractivity contribution in [3.05, 3.63) is 0 Å². The van der Waals surface area contributed by atoms with Crippen molar-refractivity contribution in [1.82, 2.24) is 10.2 Å². The lowest BCUT2D eigenvalue weighted by Gasteiger charge is -2.41. The third-order valence-corrected chi connectivity index (χ3v) is 5.75. The Morgan fingerprint density at radius 1 is 1.29 bits per heavy atom. The second-order valence-electron chi connectivity index (χ2n) is 7.54. The number of nitrogens with zero attached hydrogens (tertiary/aromatic N) is 1. The van der Waals surface area contributed by atoms with E-state index >= 15 is 0 Å². The minimum Gasteiger partial charge on any atom is -0.323 e. The van der Waals surface area contributed by atoms with E-state index in [-0.39, 0.29) is 12.2 Å². The van der Waals surface area contributed by atoms with Gasteiger partial charge in [-0.1, -0.05) is 47.5 Å². The lowest BCUT2D eigenvalue weighted by molar-refractivity contribution is -0.135. The van der Waals surface area contributed by atoms with Crippen LogP contribution in [0, 0.1) is 17.8 Å². The largest absolute Gasteiger partial charge is 0.323 e. The molecule has 1 amide bonds. The van der Waals surface area contributed by atoms with Crippen molar-refractivity contribution in [2.24, 2.45) is 17.8 Å². The van der Waals surface area contributed by atoms with Gasteiger partial charge in [0.1, 0.15) is 0 Å². The van der Waals surface area contributed by atoms with Gasteiger partial charge in [-0.3, -0.25) is 10.1 Å². The fraction of sp³-hybridized carbons (Fsp3) is 0.944. The van der Waals surface area contributed by atoms with Crippen molar-refractivity contribution in [1.29, 1.82) is 0 Å². The number of hydrogen-bond acceptors (Lipinski definition) is 2. The first-order chi connectivity index (χ1) is 9.99. The van der Waals surface area contributed by atoms with E-state index in [0.717, 1.165) is 25.2 Å². The third-order valence-electron chi connectivity index (χ3n) is 5.75. The number of rotatable bonds is 5.